The fourth-order valence-corrected chi connectivity index (χ4v) is 5.86. The molecule has 1 spiro atoms. The van der Waals surface area contributed by atoms with Crippen LogP contribution in [0.2, 0.25) is 5.02 Å². The van der Waals surface area contributed by atoms with Crippen LogP contribution in [-0.4, -0.2) is 37.1 Å². The largest absolute Gasteiger partial charge is 0.486 e. The molecule has 2 aliphatic heterocycles. The Morgan fingerprint density at radius 2 is 1.85 bits per heavy atom. The standard InChI is InChI=1S/C25H26ClF3N2O3/c1-15-16-11-20-21(34-10-9-33-20)12-18(16)24(7-2-3-8-24)14-31(15)13-22(32)30-23-17(25(27,28)29)5-4-6-19(23)26/h4-6,11-12,15H,2-3,7-10,13-14H2,1H3,(H,30,32). The van der Waals surface area contributed by atoms with E-state index in [0.717, 1.165) is 43.1 Å². The summed E-state index contributed by atoms with van der Waals surface area (Å²) < 4.78 is 52.0. The quantitative estimate of drug-likeness (QED) is 0.572. The number of hydrogen-bond acceptors (Lipinski definition) is 4. The van der Waals surface area contributed by atoms with Crippen molar-refractivity contribution in [3.8, 4) is 11.5 Å². The fraction of sp³-hybridized carbons (Fsp3) is 0.480. The second-order valence-corrected chi connectivity index (χ2v) is 9.77. The highest BCUT2D eigenvalue weighted by atomic mass is 35.5. The highest BCUT2D eigenvalue weighted by Gasteiger charge is 2.45. The van der Waals surface area contributed by atoms with Gasteiger partial charge < -0.3 is 14.8 Å². The Morgan fingerprint density at radius 3 is 2.53 bits per heavy atom. The number of rotatable bonds is 3. The van der Waals surface area contributed by atoms with Crippen LogP contribution >= 0.6 is 11.6 Å². The molecule has 2 aromatic carbocycles. The summed E-state index contributed by atoms with van der Waals surface area (Å²) in [6.07, 6.45) is -0.450. The minimum Gasteiger partial charge on any atom is -0.486 e. The summed E-state index contributed by atoms with van der Waals surface area (Å²) in [4.78, 5) is 15.0. The number of carbonyl (C=O) groups excluding carboxylic acids is 1. The first-order chi connectivity index (χ1) is 16.2. The maximum atomic E-state index is 13.5. The van der Waals surface area contributed by atoms with E-state index in [0.29, 0.717) is 25.5 Å². The molecular formula is C25H26ClF3N2O3. The first-order valence-electron chi connectivity index (χ1n) is 11.5. The number of alkyl halides is 3. The van der Waals surface area contributed by atoms with Crippen LogP contribution < -0.4 is 14.8 Å². The predicted molar refractivity (Wildman–Crippen MR) is 123 cm³/mol. The third-order valence-corrected chi connectivity index (χ3v) is 7.60. The van der Waals surface area contributed by atoms with Gasteiger partial charge in [0.25, 0.3) is 0 Å². The van der Waals surface area contributed by atoms with Gasteiger partial charge in [-0.25, -0.2) is 0 Å². The monoisotopic (exact) mass is 494 g/mol. The molecule has 0 aromatic heterocycles. The van der Waals surface area contributed by atoms with Gasteiger partial charge in [-0.15, -0.1) is 0 Å². The third-order valence-electron chi connectivity index (χ3n) is 7.28. The van der Waals surface area contributed by atoms with Crippen LogP contribution in [0.5, 0.6) is 11.5 Å². The Hall–Kier alpha value is -2.45. The lowest BCUT2D eigenvalue weighted by molar-refractivity contribution is -0.137. The lowest BCUT2D eigenvalue weighted by Crippen LogP contribution is -2.48. The zero-order chi connectivity index (χ0) is 24.1. The van der Waals surface area contributed by atoms with E-state index in [9.17, 15) is 18.0 Å². The van der Waals surface area contributed by atoms with Crippen molar-refractivity contribution in [2.24, 2.45) is 0 Å². The number of carbonyl (C=O) groups is 1. The molecule has 9 heteroatoms. The lowest BCUT2D eigenvalue weighted by Gasteiger charge is -2.46. The number of nitrogens with one attached hydrogen (secondary N) is 1. The zero-order valence-electron chi connectivity index (χ0n) is 18.8. The van der Waals surface area contributed by atoms with E-state index in [2.05, 4.69) is 11.4 Å². The summed E-state index contributed by atoms with van der Waals surface area (Å²) >= 11 is 6.03. The van der Waals surface area contributed by atoms with Gasteiger partial charge in [0.2, 0.25) is 5.91 Å². The van der Waals surface area contributed by atoms with Gasteiger partial charge in [0.15, 0.2) is 11.5 Å². The summed E-state index contributed by atoms with van der Waals surface area (Å²) in [5.41, 5.74) is 0.852. The first kappa shape index (κ1) is 23.3. The molecule has 0 saturated heterocycles. The van der Waals surface area contributed by atoms with E-state index in [1.807, 2.05) is 17.9 Å². The highest BCUT2D eigenvalue weighted by molar-refractivity contribution is 6.34. The van der Waals surface area contributed by atoms with Crippen molar-refractivity contribution in [1.82, 2.24) is 4.90 Å². The lowest BCUT2D eigenvalue weighted by atomic mass is 9.71. The summed E-state index contributed by atoms with van der Waals surface area (Å²) in [5, 5.41) is 2.29. The van der Waals surface area contributed by atoms with Crippen LogP contribution in [0.4, 0.5) is 18.9 Å². The van der Waals surface area contributed by atoms with E-state index in [1.165, 1.54) is 17.7 Å². The summed E-state index contributed by atoms with van der Waals surface area (Å²) in [6, 6.07) is 7.47. The molecule has 2 aromatic rings. The molecule has 1 aliphatic carbocycles. The molecule has 182 valence electrons. The van der Waals surface area contributed by atoms with Crippen molar-refractivity contribution in [2.75, 3.05) is 31.6 Å². The predicted octanol–water partition coefficient (Wildman–Crippen LogP) is 5.96. The minimum absolute atomic E-state index is 0.0423. The number of benzene rings is 2. The van der Waals surface area contributed by atoms with E-state index >= 15 is 0 Å². The maximum absolute atomic E-state index is 13.5. The van der Waals surface area contributed by atoms with E-state index < -0.39 is 23.3 Å². The minimum atomic E-state index is -4.63. The molecule has 0 radical (unpaired) electrons. The van der Waals surface area contributed by atoms with Crippen molar-refractivity contribution in [3.05, 3.63) is 52.0 Å². The van der Waals surface area contributed by atoms with Gasteiger partial charge in [-0.2, -0.15) is 13.2 Å². The molecule has 34 heavy (non-hydrogen) atoms. The molecule has 1 N–H and O–H groups in total. The number of nitrogens with zero attached hydrogens (tertiary/aromatic N) is 1. The Bertz CT molecular complexity index is 1120. The van der Waals surface area contributed by atoms with Crippen molar-refractivity contribution in [2.45, 2.75) is 50.2 Å². The van der Waals surface area contributed by atoms with Crippen LogP contribution in [0.1, 0.15) is 55.3 Å². The molecule has 1 amide bonds. The number of hydrogen-bond donors (Lipinski definition) is 1. The molecule has 2 heterocycles. The van der Waals surface area contributed by atoms with Gasteiger partial charge in [-0.1, -0.05) is 30.5 Å². The Kier molecular flexibility index (Phi) is 5.92. The molecule has 3 aliphatic rings. The molecule has 0 bridgehead atoms. The average Bonchev–Trinajstić information content (AvgIpc) is 3.26. The summed E-state index contributed by atoms with van der Waals surface area (Å²) in [7, 11) is 0. The molecule has 5 rings (SSSR count). The Balaban J connectivity index is 1.43. The summed E-state index contributed by atoms with van der Waals surface area (Å²) in [5.74, 6) is 0.926. The van der Waals surface area contributed by atoms with Gasteiger partial charge in [0.05, 0.1) is 22.8 Å². The number of para-hydroxylation sites is 1. The van der Waals surface area contributed by atoms with Crippen LogP contribution in [0.15, 0.2) is 30.3 Å². The summed E-state index contributed by atoms with van der Waals surface area (Å²) in [6.45, 7) is 3.63. The molecule has 1 atom stereocenters. The normalized spacial score (nSPS) is 21.4. The molecule has 1 saturated carbocycles. The second kappa shape index (κ2) is 8.64. The number of amides is 1. The highest BCUT2D eigenvalue weighted by Crippen LogP contribution is 2.52. The van der Waals surface area contributed by atoms with Crippen molar-refractivity contribution >= 4 is 23.2 Å². The topological polar surface area (TPSA) is 50.8 Å². The van der Waals surface area contributed by atoms with Gasteiger partial charge in [-0.05, 0) is 55.2 Å². The fourth-order valence-electron chi connectivity index (χ4n) is 5.64. The first-order valence-corrected chi connectivity index (χ1v) is 11.9. The molecule has 1 fully saturated rings. The maximum Gasteiger partial charge on any atom is 0.418 e. The molecule has 1 unspecified atom stereocenters. The number of halogens is 4. The Labute approximate surface area is 201 Å². The van der Waals surface area contributed by atoms with Crippen molar-refractivity contribution in [3.63, 3.8) is 0 Å². The van der Waals surface area contributed by atoms with Gasteiger partial charge >= 0.3 is 6.18 Å². The van der Waals surface area contributed by atoms with Crippen LogP contribution in [0.25, 0.3) is 0 Å². The van der Waals surface area contributed by atoms with Crippen LogP contribution in [0.3, 0.4) is 0 Å². The number of fused-ring (bicyclic) bond motifs is 3. The van der Waals surface area contributed by atoms with E-state index in [1.54, 1.807) is 0 Å². The van der Waals surface area contributed by atoms with Crippen molar-refractivity contribution < 1.29 is 27.4 Å². The SMILES string of the molecule is CC1c2cc3c(cc2C2(CCCC2)CN1CC(=O)Nc1c(Cl)cccc1C(F)(F)F)OCCO3. The number of ether oxygens (including phenoxy) is 2. The van der Waals surface area contributed by atoms with Gasteiger partial charge in [-0.3, -0.25) is 9.69 Å². The zero-order valence-corrected chi connectivity index (χ0v) is 19.6. The van der Waals surface area contributed by atoms with Gasteiger partial charge in [0, 0.05) is 18.0 Å². The molecule has 5 nitrogen and oxygen atoms in total. The number of anilines is 1. The smallest absolute Gasteiger partial charge is 0.418 e. The van der Waals surface area contributed by atoms with Crippen molar-refractivity contribution in [1.29, 1.82) is 0 Å². The second-order valence-electron chi connectivity index (χ2n) is 9.36. The third kappa shape index (κ3) is 4.11. The van der Waals surface area contributed by atoms with E-state index in [-0.39, 0.29) is 23.0 Å². The van der Waals surface area contributed by atoms with Gasteiger partial charge in [0.1, 0.15) is 13.2 Å². The molecular weight excluding hydrogens is 469 g/mol. The van der Waals surface area contributed by atoms with Crippen LogP contribution in [0, 0.1) is 0 Å². The Morgan fingerprint density at radius 1 is 1.18 bits per heavy atom. The van der Waals surface area contributed by atoms with E-state index in [4.69, 9.17) is 21.1 Å². The average molecular weight is 495 g/mol. The van der Waals surface area contributed by atoms with Crippen LogP contribution in [-0.2, 0) is 16.4 Å².